The van der Waals surface area contributed by atoms with Crippen LogP contribution in [0.2, 0.25) is 0 Å². The average molecular weight is 278 g/mol. The van der Waals surface area contributed by atoms with Crippen molar-refractivity contribution in [1.82, 2.24) is 9.88 Å². The number of hydrogen-bond donors (Lipinski definition) is 2. The number of aromatic nitrogens is 1. The number of aromatic amines is 1. The molecule has 0 aliphatic carbocycles. The van der Waals surface area contributed by atoms with E-state index in [9.17, 15) is 19.5 Å². The normalized spacial score (nSPS) is 22.0. The van der Waals surface area contributed by atoms with Gasteiger partial charge in [-0.2, -0.15) is 0 Å². The van der Waals surface area contributed by atoms with Crippen LogP contribution in [0.3, 0.4) is 0 Å². The van der Waals surface area contributed by atoms with E-state index in [1.165, 1.54) is 24.1 Å². The fourth-order valence-electron chi connectivity index (χ4n) is 2.78. The maximum atomic E-state index is 12.5. The summed E-state index contributed by atoms with van der Waals surface area (Å²) in [6, 6.07) is 1.48. The molecule has 1 amide bonds. The molecule has 1 fully saturated rings. The number of carboxylic acid groups (broad SMARTS) is 1. The second-order valence-corrected chi connectivity index (χ2v) is 5.11. The second-order valence-electron chi connectivity index (χ2n) is 5.11. The maximum absolute atomic E-state index is 12.5. The van der Waals surface area contributed by atoms with Gasteiger partial charge in [0.1, 0.15) is 11.2 Å². The average Bonchev–Trinajstić information content (AvgIpc) is 3.05. The molecule has 6 heteroatoms. The van der Waals surface area contributed by atoms with Gasteiger partial charge in [-0.05, 0) is 32.3 Å². The molecule has 2 N–H and O–H groups in total. The van der Waals surface area contributed by atoms with Crippen molar-refractivity contribution in [2.24, 2.45) is 0 Å². The molecule has 108 valence electrons. The topological polar surface area (TPSA) is 90.5 Å². The van der Waals surface area contributed by atoms with Gasteiger partial charge in [-0.3, -0.25) is 9.59 Å². The first-order chi connectivity index (χ1) is 9.42. The van der Waals surface area contributed by atoms with Crippen LogP contribution >= 0.6 is 0 Å². The van der Waals surface area contributed by atoms with Crippen molar-refractivity contribution in [1.29, 1.82) is 0 Å². The van der Waals surface area contributed by atoms with Crippen molar-refractivity contribution >= 4 is 17.7 Å². The Balaban J connectivity index is 2.31. The molecule has 1 aromatic rings. The van der Waals surface area contributed by atoms with Crippen LogP contribution < -0.4 is 0 Å². The maximum Gasteiger partial charge on any atom is 0.329 e. The van der Waals surface area contributed by atoms with Crippen LogP contribution in [0.4, 0.5) is 0 Å². The number of nitrogens with one attached hydrogen (secondary N) is 1. The molecule has 0 radical (unpaired) electrons. The lowest BCUT2D eigenvalue weighted by Crippen LogP contribution is -2.52. The Morgan fingerprint density at radius 3 is 2.65 bits per heavy atom. The molecule has 1 aromatic heterocycles. The number of rotatable bonds is 4. The van der Waals surface area contributed by atoms with Crippen LogP contribution in [-0.2, 0) is 4.79 Å². The summed E-state index contributed by atoms with van der Waals surface area (Å²) in [5.41, 5.74) is -0.445. The van der Waals surface area contributed by atoms with Gasteiger partial charge in [0, 0.05) is 18.3 Å². The number of carbonyl (C=O) groups is 3. The molecule has 0 aromatic carbocycles. The molecule has 0 bridgehead atoms. The Morgan fingerprint density at radius 2 is 2.15 bits per heavy atom. The monoisotopic (exact) mass is 278 g/mol. The van der Waals surface area contributed by atoms with Gasteiger partial charge < -0.3 is 15.0 Å². The minimum absolute atomic E-state index is 0.137. The Hall–Kier alpha value is -2.11. The molecule has 0 saturated carbocycles. The molecule has 2 rings (SSSR count). The van der Waals surface area contributed by atoms with E-state index in [-0.39, 0.29) is 17.4 Å². The third-order valence-electron chi connectivity index (χ3n) is 4.04. The van der Waals surface area contributed by atoms with E-state index in [4.69, 9.17) is 0 Å². The molecular formula is C14H18N2O4. The first-order valence-electron chi connectivity index (χ1n) is 6.67. The molecule has 2 heterocycles. The minimum atomic E-state index is -1.13. The summed E-state index contributed by atoms with van der Waals surface area (Å²) in [4.78, 5) is 39.5. The number of nitrogens with zero attached hydrogens (tertiary/aromatic N) is 1. The lowest BCUT2D eigenvalue weighted by molar-refractivity contribution is -0.148. The summed E-state index contributed by atoms with van der Waals surface area (Å²) < 4.78 is 0. The minimum Gasteiger partial charge on any atom is -0.479 e. The fraction of sp³-hybridized carbons (Fsp3) is 0.500. The molecule has 1 unspecified atom stereocenters. The number of carbonyl (C=O) groups excluding carboxylic acids is 2. The van der Waals surface area contributed by atoms with E-state index < -0.39 is 11.5 Å². The van der Waals surface area contributed by atoms with Crippen LogP contribution in [0.5, 0.6) is 0 Å². The summed E-state index contributed by atoms with van der Waals surface area (Å²) in [5.74, 6) is -1.47. The molecular weight excluding hydrogens is 260 g/mol. The molecule has 1 aliphatic heterocycles. The van der Waals surface area contributed by atoms with Crippen LogP contribution in [0.15, 0.2) is 12.3 Å². The molecule has 1 saturated heterocycles. The zero-order chi connectivity index (χ0) is 14.9. The summed E-state index contributed by atoms with van der Waals surface area (Å²) in [6.07, 6.45) is 2.98. The number of carboxylic acids is 1. The Labute approximate surface area is 116 Å². The quantitative estimate of drug-likeness (QED) is 0.820. The van der Waals surface area contributed by atoms with Crippen LogP contribution in [-0.4, -0.2) is 44.7 Å². The van der Waals surface area contributed by atoms with Crippen LogP contribution in [0, 0.1) is 0 Å². The van der Waals surface area contributed by atoms with Gasteiger partial charge in [-0.25, -0.2) is 4.79 Å². The van der Waals surface area contributed by atoms with Gasteiger partial charge in [0.15, 0.2) is 5.78 Å². The van der Waals surface area contributed by atoms with E-state index in [0.717, 1.165) is 0 Å². The van der Waals surface area contributed by atoms with Gasteiger partial charge in [0.2, 0.25) is 0 Å². The largest absolute Gasteiger partial charge is 0.479 e. The number of ketones is 1. The summed E-state index contributed by atoms with van der Waals surface area (Å²) in [7, 11) is 0. The first-order valence-corrected chi connectivity index (χ1v) is 6.67. The molecule has 20 heavy (non-hydrogen) atoms. The Kier molecular flexibility index (Phi) is 3.65. The number of Topliss-reactive ketones (excluding diaryl/α,β-unsaturated/α-hetero) is 1. The van der Waals surface area contributed by atoms with Crippen molar-refractivity contribution in [3.8, 4) is 0 Å². The Morgan fingerprint density at radius 1 is 1.45 bits per heavy atom. The molecule has 0 spiro atoms. The van der Waals surface area contributed by atoms with Crippen LogP contribution in [0.1, 0.15) is 54.0 Å². The highest BCUT2D eigenvalue weighted by Crippen LogP contribution is 2.34. The number of aliphatic carboxylic acids is 1. The number of likely N-dealkylation sites (tertiary alicyclic amines) is 1. The molecule has 1 aliphatic rings. The van der Waals surface area contributed by atoms with Crippen molar-refractivity contribution in [2.75, 3.05) is 6.54 Å². The van der Waals surface area contributed by atoms with E-state index in [1.54, 1.807) is 6.92 Å². The number of hydrogen-bond acceptors (Lipinski definition) is 3. The zero-order valence-corrected chi connectivity index (χ0v) is 11.6. The summed E-state index contributed by atoms with van der Waals surface area (Å²) >= 11 is 0. The standard InChI is InChI=1S/C14H18N2O4/c1-3-14(13(19)20)5-4-6-16(14)12(18)11-7-10(8-15-11)9(2)17/h7-8,15H,3-6H2,1-2H3,(H,19,20). The van der Waals surface area contributed by atoms with Crippen molar-refractivity contribution in [3.63, 3.8) is 0 Å². The predicted molar refractivity (Wildman–Crippen MR) is 71.7 cm³/mol. The number of amides is 1. The summed E-state index contributed by atoms with van der Waals surface area (Å²) in [5, 5.41) is 9.47. The smallest absolute Gasteiger partial charge is 0.329 e. The third-order valence-corrected chi connectivity index (χ3v) is 4.04. The second kappa shape index (κ2) is 5.11. The number of H-pyrrole nitrogens is 1. The predicted octanol–water partition coefficient (Wildman–Crippen LogP) is 1.69. The zero-order valence-electron chi connectivity index (χ0n) is 11.6. The highest BCUT2D eigenvalue weighted by molar-refractivity contribution is 6.00. The fourth-order valence-corrected chi connectivity index (χ4v) is 2.78. The van der Waals surface area contributed by atoms with Gasteiger partial charge in [-0.15, -0.1) is 0 Å². The first kappa shape index (κ1) is 14.3. The van der Waals surface area contributed by atoms with Gasteiger partial charge in [-0.1, -0.05) is 6.92 Å². The molecule has 6 nitrogen and oxygen atoms in total. The van der Waals surface area contributed by atoms with Crippen molar-refractivity contribution in [3.05, 3.63) is 23.5 Å². The van der Waals surface area contributed by atoms with Gasteiger partial charge in [0.25, 0.3) is 5.91 Å². The lowest BCUT2D eigenvalue weighted by atomic mass is 9.93. The molecule has 1 atom stereocenters. The van der Waals surface area contributed by atoms with Crippen molar-refractivity contribution in [2.45, 2.75) is 38.6 Å². The third kappa shape index (κ3) is 2.11. The lowest BCUT2D eigenvalue weighted by Gasteiger charge is -2.33. The van der Waals surface area contributed by atoms with Crippen molar-refractivity contribution < 1.29 is 19.5 Å². The van der Waals surface area contributed by atoms with E-state index in [0.29, 0.717) is 31.4 Å². The van der Waals surface area contributed by atoms with E-state index >= 15 is 0 Å². The van der Waals surface area contributed by atoms with Gasteiger partial charge in [0.05, 0.1) is 0 Å². The highest BCUT2D eigenvalue weighted by Gasteiger charge is 2.48. The van der Waals surface area contributed by atoms with E-state index in [1.807, 2.05) is 0 Å². The van der Waals surface area contributed by atoms with Gasteiger partial charge >= 0.3 is 5.97 Å². The van der Waals surface area contributed by atoms with E-state index in [2.05, 4.69) is 4.98 Å². The summed E-state index contributed by atoms with van der Waals surface area (Å²) in [6.45, 7) is 3.61. The SMILES string of the molecule is CCC1(C(=O)O)CCCN1C(=O)c1cc(C(C)=O)c[nH]1. The van der Waals surface area contributed by atoms with Crippen LogP contribution in [0.25, 0.3) is 0 Å². The highest BCUT2D eigenvalue weighted by atomic mass is 16.4. The Bertz CT molecular complexity index is 563.